The van der Waals surface area contributed by atoms with Crippen LogP contribution in [0.3, 0.4) is 0 Å². The molecule has 1 unspecified atom stereocenters. The Morgan fingerprint density at radius 2 is 1.89 bits per heavy atom. The van der Waals surface area contributed by atoms with Crippen LogP contribution in [0.5, 0.6) is 5.75 Å². The van der Waals surface area contributed by atoms with Crippen molar-refractivity contribution in [2.24, 2.45) is 7.05 Å². The van der Waals surface area contributed by atoms with Gasteiger partial charge < -0.3 is 14.6 Å². The van der Waals surface area contributed by atoms with E-state index in [0.717, 1.165) is 5.56 Å². The summed E-state index contributed by atoms with van der Waals surface area (Å²) >= 11 is 7.23. The maximum atomic E-state index is 12.4. The van der Waals surface area contributed by atoms with Crippen LogP contribution in [-0.2, 0) is 25.0 Å². The molecule has 8 heteroatoms. The minimum Gasteiger partial charge on any atom is -0.486 e. The van der Waals surface area contributed by atoms with E-state index in [1.54, 1.807) is 24.3 Å². The van der Waals surface area contributed by atoms with Crippen molar-refractivity contribution in [3.63, 3.8) is 0 Å². The number of thioether (sulfide) groups is 1. The number of halogens is 1. The maximum absolute atomic E-state index is 12.4. The van der Waals surface area contributed by atoms with Crippen molar-refractivity contribution in [2.45, 2.75) is 30.5 Å². The Hall–Kier alpha value is -2.51. The predicted molar refractivity (Wildman–Crippen MR) is 110 cm³/mol. The molecule has 0 saturated carbocycles. The first-order valence-corrected chi connectivity index (χ1v) is 10.0. The van der Waals surface area contributed by atoms with Crippen LogP contribution >= 0.6 is 23.4 Å². The smallest absolute Gasteiger partial charge is 0.233 e. The molecule has 0 aliphatic rings. The van der Waals surface area contributed by atoms with Crippen molar-refractivity contribution in [3.05, 3.63) is 71.0 Å². The average molecular weight is 417 g/mol. The third kappa shape index (κ3) is 5.50. The monoisotopic (exact) mass is 416 g/mol. The predicted octanol–water partition coefficient (Wildman–Crippen LogP) is 3.84. The summed E-state index contributed by atoms with van der Waals surface area (Å²) in [6.45, 7) is 2.63. The van der Waals surface area contributed by atoms with Gasteiger partial charge in [-0.15, -0.1) is 10.2 Å². The van der Waals surface area contributed by atoms with Crippen molar-refractivity contribution >= 4 is 29.3 Å². The number of hydrogen-bond donors (Lipinski definition) is 1. The summed E-state index contributed by atoms with van der Waals surface area (Å²) in [6.07, 6.45) is 0. The quantitative estimate of drug-likeness (QED) is 0.565. The van der Waals surface area contributed by atoms with E-state index in [9.17, 15) is 4.79 Å². The molecule has 3 rings (SSSR count). The highest BCUT2D eigenvalue weighted by atomic mass is 35.5. The molecule has 0 spiro atoms. The normalized spacial score (nSPS) is 11.8. The number of benzene rings is 2. The highest BCUT2D eigenvalue weighted by Gasteiger charge is 2.18. The molecule has 0 saturated heterocycles. The lowest BCUT2D eigenvalue weighted by molar-refractivity contribution is -0.120. The summed E-state index contributed by atoms with van der Waals surface area (Å²) in [4.78, 5) is 12.4. The number of nitrogens with one attached hydrogen (secondary N) is 1. The molecule has 146 valence electrons. The summed E-state index contributed by atoms with van der Waals surface area (Å²) in [7, 11) is 1.86. The number of carbonyl (C=O) groups excluding carboxylic acids is 1. The topological polar surface area (TPSA) is 69.0 Å². The van der Waals surface area contributed by atoms with Gasteiger partial charge in [-0.25, -0.2) is 0 Å². The minimum atomic E-state index is -0.295. The molecule has 6 nitrogen and oxygen atoms in total. The van der Waals surface area contributed by atoms with E-state index in [0.29, 0.717) is 28.3 Å². The van der Waals surface area contributed by atoms with E-state index < -0.39 is 0 Å². The molecule has 0 fully saturated rings. The third-order valence-corrected chi connectivity index (χ3v) is 5.45. The van der Waals surface area contributed by atoms with Gasteiger partial charge >= 0.3 is 0 Å². The number of nitrogens with zero attached hydrogens (tertiary/aromatic N) is 3. The largest absolute Gasteiger partial charge is 0.486 e. The van der Waals surface area contributed by atoms with Gasteiger partial charge in [0, 0.05) is 18.6 Å². The lowest BCUT2D eigenvalue weighted by Crippen LogP contribution is -2.30. The Morgan fingerprint density at radius 3 is 2.61 bits per heavy atom. The van der Waals surface area contributed by atoms with E-state index in [-0.39, 0.29) is 17.8 Å². The molecule has 0 aliphatic carbocycles. The van der Waals surface area contributed by atoms with Gasteiger partial charge in [0.05, 0.1) is 5.25 Å². The van der Waals surface area contributed by atoms with Crippen LogP contribution in [0, 0.1) is 0 Å². The van der Waals surface area contributed by atoms with E-state index in [2.05, 4.69) is 15.5 Å². The summed E-state index contributed by atoms with van der Waals surface area (Å²) in [5.41, 5.74) is 1.06. The zero-order chi connectivity index (χ0) is 19.9. The lowest BCUT2D eigenvalue weighted by Gasteiger charge is -2.12. The fourth-order valence-corrected chi connectivity index (χ4v) is 3.38. The molecule has 1 aromatic heterocycles. The zero-order valence-electron chi connectivity index (χ0n) is 15.6. The average Bonchev–Trinajstić information content (AvgIpc) is 3.06. The van der Waals surface area contributed by atoms with Gasteiger partial charge in [0.25, 0.3) is 0 Å². The second-order valence-electron chi connectivity index (χ2n) is 6.16. The molecule has 3 aromatic rings. The van der Waals surface area contributed by atoms with E-state index in [1.807, 2.05) is 48.9 Å². The van der Waals surface area contributed by atoms with E-state index >= 15 is 0 Å². The lowest BCUT2D eigenvalue weighted by atomic mass is 10.2. The van der Waals surface area contributed by atoms with Crippen molar-refractivity contribution in [1.82, 2.24) is 20.1 Å². The Kier molecular flexibility index (Phi) is 6.95. The Bertz CT molecular complexity index is 916. The summed E-state index contributed by atoms with van der Waals surface area (Å²) < 4.78 is 7.55. The SMILES string of the molecule is CC(Sc1nnc(COc2ccc(Cl)cc2)n1C)C(=O)NCc1ccccc1. The molecule has 1 N–H and O–H groups in total. The maximum Gasteiger partial charge on any atom is 0.233 e. The summed E-state index contributed by atoms with van der Waals surface area (Å²) in [5, 5.41) is 12.3. The van der Waals surface area contributed by atoms with Crippen LogP contribution in [0.4, 0.5) is 0 Å². The van der Waals surface area contributed by atoms with Gasteiger partial charge in [-0.2, -0.15) is 0 Å². The van der Waals surface area contributed by atoms with Gasteiger partial charge in [-0.05, 0) is 36.8 Å². The summed E-state index contributed by atoms with van der Waals surface area (Å²) in [5.74, 6) is 1.33. The van der Waals surface area contributed by atoms with Crippen molar-refractivity contribution in [1.29, 1.82) is 0 Å². The Labute approximate surface area is 173 Å². The Balaban J connectivity index is 1.52. The van der Waals surface area contributed by atoms with Gasteiger partial charge in [0.2, 0.25) is 5.91 Å². The molecular formula is C20H21ClN4O2S. The van der Waals surface area contributed by atoms with Gasteiger partial charge in [0.1, 0.15) is 12.4 Å². The van der Waals surface area contributed by atoms with Crippen molar-refractivity contribution in [2.75, 3.05) is 0 Å². The number of amides is 1. The first-order valence-electron chi connectivity index (χ1n) is 8.78. The van der Waals surface area contributed by atoms with Crippen LogP contribution in [0.1, 0.15) is 18.3 Å². The minimum absolute atomic E-state index is 0.0455. The van der Waals surface area contributed by atoms with Crippen LogP contribution in [0.25, 0.3) is 0 Å². The van der Waals surface area contributed by atoms with Crippen LogP contribution < -0.4 is 10.1 Å². The van der Waals surface area contributed by atoms with Crippen LogP contribution in [0.15, 0.2) is 59.8 Å². The second-order valence-corrected chi connectivity index (χ2v) is 7.91. The number of aromatic nitrogens is 3. The fourth-order valence-electron chi connectivity index (χ4n) is 2.39. The van der Waals surface area contributed by atoms with Crippen molar-refractivity contribution in [3.8, 4) is 5.75 Å². The second kappa shape index (κ2) is 9.61. The molecule has 0 bridgehead atoms. The highest BCUT2D eigenvalue weighted by molar-refractivity contribution is 8.00. The number of carbonyl (C=O) groups is 1. The Morgan fingerprint density at radius 1 is 1.18 bits per heavy atom. The molecule has 1 amide bonds. The molecule has 28 heavy (non-hydrogen) atoms. The van der Waals surface area contributed by atoms with Crippen LogP contribution in [-0.4, -0.2) is 25.9 Å². The van der Waals surface area contributed by atoms with E-state index in [1.165, 1.54) is 11.8 Å². The van der Waals surface area contributed by atoms with Crippen LogP contribution in [0.2, 0.25) is 5.02 Å². The summed E-state index contributed by atoms with van der Waals surface area (Å²) in [6, 6.07) is 16.9. The first kappa shape index (κ1) is 20.2. The third-order valence-electron chi connectivity index (χ3n) is 4.07. The molecule has 1 heterocycles. The van der Waals surface area contributed by atoms with Gasteiger partial charge in [-0.1, -0.05) is 53.7 Å². The molecule has 1 atom stereocenters. The van der Waals surface area contributed by atoms with Gasteiger partial charge in [-0.3, -0.25) is 4.79 Å². The first-order chi connectivity index (χ1) is 13.5. The van der Waals surface area contributed by atoms with Crippen molar-refractivity contribution < 1.29 is 9.53 Å². The fraction of sp³-hybridized carbons (Fsp3) is 0.250. The highest BCUT2D eigenvalue weighted by Crippen LogP contribution is 2.22. The molecular weight excluding hydrogens is 396 g/mol. The zero-order valence-corrected chi connectivity index (χ0v) is 17.2. The molecule has 0 aliphatic heterocycles. The standard InChI is InChI=1S/C20H21ClN4O2S/c1-14(19(26)22-12-15-6-4-3-5-7-15)28-20-24-23-18(25(20)2)13-27-17-10-8-16(21)9-11-17/h3-11,14H,12-13H2,1-2H3,(H,22,26). The molecule has 0 radical (unpaired) electrons. The van der Waals surface area contributed by atoms with E-state index in [4.69, 9.17) is 16.3 Å². The number of ether oxygens (including phenoxy) is 1. The molecule has 2 aromatic carbocycles. The number of hydrogen-bond acceptors (Lipinski definition) is 5. The number of rotatable bonds is 8. The van der Waals surface area contributed by atoms with Gasteiger partial charge in [0.15, 0.2) is 11.0 Å².